The highest BCUT2D eigenvalue weighted by Gasteiger charge is 2.14. The number of anilines is 1. The Labute approximate surface area is 130 Å². The van der Waals surface area contributed by atoms with E-state index in [1.54, 1.807) is 11.3 Å². The van der Waals surface area contributed by atoms with Crippen molar-refractivity contribution in [2.75, 3.05) is 26.0 Å². The van der Waals surface area contributed by atoms with Crippen LogP contribution in [0.1, 0.15) is 20.3 Å². The summed E-state index contributed by atoms with van der Waals surface area (Å²) < 4.78 is 1.13. The van der Waals surface area contributed by atoms with Crippen molar-refractivity contribution in [1.82, 2.24) is 9.88 Å². The number of benzene rings is 1. The molecule has 1 aromatic carbocycles. The van der Waals surface area contributed by atoms with Gasteiger partial charge in [0.2, 0.25) is 0 Å². The molecule has 1 heterocycles. The lowest BCUT2D eigenvalue weighted by Gasteiger charge is -2.23. The number of thiazole rings is 1. The first kappa shape index (κ1) is 15.5. The van der Waals surface area contributed by atoms with Crippen molar-refractivity contribution in [1.29, 1.82) is 0 Å². The first-order valence-corrected chi connectivity index (χ1v) is 8.11. The Balaban J connectivity index is 2.14. The maximum atomic E-state index is 6.02. The van der Waals surface area contributed by atoms with Crippen LogP contribution in [0.2, 0.25) is 5.02 Å². The van der Waals surface area contributed by atoms with E-state index in [1.807, 2.05) is 18.2 Å². The van der Waals surface area contributed by atoms with Crippen LogP contribution in [-0.4, -0.2) is 36.6 Å². The summed E-state index contributed by atoms with van der Waals surface area (Å²) in [6.45, 7) is 5.51. The molecule has 1 aromatic heterocycles. The quantitative estimate of drug-likeness (QED) is 0.860. The maximum absolute atomic E-state index is 6.02. The van der Waals surface area contributed by atoms with E-state index in [1.165, 1.54) is 0 Å². The third kappa shape index (κ3) is 4.33. The monoisotopic (exact) mass is 311 g/mol. The number of fused-ring (bicyclic) bond motifs is 1. The van der Waals surface area contributed by atoms with Crippen LogP contribution >= 0.6 is 22.9 Å². The first-order valence-electron chi connectivity index (χ1n) is 6.91. The molecule has 1 unspecified atom stereocenters. The summed E-state index contributed by atoms with van der Waals surface area (Å²) in [4.78, 5) is 6.85. The highest BCUT2D eigenvalue weighted by atomic mass is 35.5. The molecule has 3 nitrogen and oxygen atoms in total. The van der Waals surface area contributed by atoms with Gasteiger partial charge in [-0.3, -0.25) is 0 Å². The molecule has 0 aliphatic rings. The molecule has 1 N–H and O–H groups in total. The van der Waals surface area contributed by atoms with Gasteiger partial charge in [0, 0.05) is 17.6 Å². The Morgan fingerprint density at radius 2 is 2.10 bits per heavy atom. The number of aromatic nitrogens is 1. The second-order valence-electron chi connectivity index (χ2n) is 5.86. The fourth-order valence-electron chi connectivity index (χ4n) is 2.32. The van der Waals surface area contributed by atoms with Crippen molar-refractivity contribution in [3.63, 3.8) is 0 Å². The maximum Gasteiger partial charge on any atom is 0.184 e. The van der Waals surface area contributed by atoms with Gasteiger partial charge >= 0.3 is 0 Å². The summed E-state index contributed by atoms with van der Waals surface area (Å²) in [7, 11) is 4.21. The highest BCUT2D eigenvalue weighted by molar-refractivity contribution is 7.22. The lowest BCUT2D eigenvalue weighted by atomic mass is 10.0. The zero-order valence-corrected chi connectivity index (χ0v) is 14.1. The van der Waals surface area contributed by atoms with Crippen LogP contribution < -0.4 is 5.32 Å². The van der Waals surface area contributed by atoms with Crippen LogP contribution in [0.15, 0.2) is 18.2 Å². The highest BCUT2D eigenvalue weighted by Crippen LogP contribution is 2.29. The molecule has 0 amide bonds. The van der Waals surface area contributed by atoms with E-state index >= 15 is 0 Å². The number of hydrogen-bond donors (Lipinski definition) is 1. The lowest BCUT2D eigenvalue weighted by molar-refractivity contribution is 0.356. The molecule has 5 heteroatoms. The molecule has 0 spiro atoms. The Bertz CT molecular complexity index is 555. The molecule has 2 aromatic rings. The molecule has 0 radical (unpaired) electrons. The van der Waals surface area contributed by atoms with E-state index in [-0.39, 0.29) is 0 Å². The zero-order valence-electron chi connectivity index (χ0n) is 12.5. The molecule has 110 valence electrons. The second kappa shape index (κ2) is 6.74. The molecule has 0 saturated heterocycles. The van der Waals surface area contributed by atoms with E-state index in [9.17, 15) is 0 Å². The molecule has 20 heavy (non-hydrogen) atoms. The fourth-order valence-corrected chi connectivity index (χ4v) is 3.54. The third-order valence-electron chi connectivity index (χ3n) is 3.02. The van der Waals surface area contributed by atoms with E-state index in [0.29, 0.717) is 12.0 Å². The molecule has 2 rings (SSSR count). The van der Waals surface area contributed by atoms with Crippen LogP contribution in [0.3, 0.4) is 0 Å². The molecule has 0 aliphatic heterocycles. The number of nitrogens with zero attached hydrogens (tertiary/aromatic N) is 2. The van der Waals surface area contributed by atoms with Crippen molar-refractivity contribution in [2.45, 2.75) is 26.3 Å². The van der Waals surface area contributed by atoms with Gasteiger partial charge in [-0.15, -0.1) is 0 Å². The number of likely N-dealkylation sites (N-methyl/N-ethyl adjacent to an activating group) is 1. The Morgan fingerprint density at radius 3 is 2.75 bits per heavy atom. The van der Waals surface area contributed by atoms with Crippen LogP contribution in [0.4, 0.5) is 5.13 Å². The molecule has 0 aliphatic carbocycles. The summed E-state index contributed by atoms with van der Waals surface area (Å²) in [5, 5.41) is 5.32. The standard InChI is InChI=1S/C15H22ClN3S/c1-10(2)7-12(9-19(3)4)17-15-18-13-6-5-11(16)8-14(13)20-15/h5-6,8,10,12H,7,9H2,1-4H3,(H,17,18). The molecular weight excluding hydrogens is 290 g/mol. The van der Waals surface area contributed by atoms with Crippen LogP contribution in [0.25, 0.3) is 10.2 Å². The summed E-state index contributed by atoms with van der Waals surface area (Å²) in [6, 6.07) is 6.26. The third-order valence-corrected chi connectivity index (χ3v) is 4.20. The van der Waals surface area contributed by atoms with Gasteiger partial charge in [0.25, 0.3) is 0 Å². The average Bonchev–Trinajstić information content (AvgIpc) is 2.68. The minimum atomic E-state index is 0.418. The van der Waals surface area contributed by atoms with Gasteiger partial charge in [0.15, 0.2) is 5.13 Å². The molecule has 0 saturated carbocycles. The van der Waals surface area contributed by atoms with E-state index < -0.39 is 0 Å². The van der Waals surface area contributed by atoms with Crippen molar-refractivity contribution in [3.05, 3.63) is 23.2 Å². The predicted octanol–water partition coefficient (Wildman–Crippen LogP) is 4.34. The average molecular weight is 312 g/mol. The van der Waals surface area contributed by atoms with Gasteiger partial charge in [-0.1, -0.05) is 36.8 Å². The minimum absolute atomic E-state index is 0.418. The summed E-state index contributed by atoms with van der Waals surface area (Å²) >= 11 is 7.69. The number of hydrogen-bond acceptors (Lipinski definition) is 4. The largest absolute Gasteiger partial charge is 0.357 e. The second-order valence-corrected chi connectivity index (χ2v) is 7.33. The number of rotatable bonds is 6. The number of halogens is 1. The van der Waals surface area contributed by atoms with Gasteiger partial charge in [-0.2, -0.15) is 0 Å². The first-order chi connectivity index (χ1) is 9.44. The smallest absolute Gasteiger partial charge is 0.184 e. The summed E-state index contributed by atoms with van der Waals surface area (Å²) in [6.07, 6.45) is 1.13. The van der Waals surface area contributed by atoms with Gasteiger partial charge in [0.05, 0.1) is 10.2 Å². The zero-order chi connectivity index (χ0) is 14.7. The van der Waals surface area contributed by atoms with Crippen molar-refractivity contribution < 1.29 is 0 Å². The summed E-state index contributed by atoms with van der Waals surface area (Å²) in [5.74, 6) is 0.663. The Morgan fingerprint density at radius 1 is 1.35 bits per heavy atom. The van der Waals surface area contributed by atoms with Crippen LogP contribution in [0, 0.1) is 5.92 Å². The SMILES string of the molecule is CC(C)CC(CN(C)C)Nc1nc2ccc(Cl)cc2s1. The fraction of sp³-hybridized carbons (Fsp3) is 0.533. The van der Waals surface area contributed by atoms with Crippen molar-refractivity contribution in [2.24, 2.45) is 5.92 Å². The van der Waals surface area contributed by atoms with Gasteiger partial charge < -0.3 is 10.2 Å². The van der Waals surface area contributed by atoms with Crippen LogP contribution in [0.5, 0.6) is 0 Å². The van der Waals surface area contributed by atoms with Gasteiger partial charge in [-0.05, 0) is 44.6 Å². The molecular formula is C15H22ClN3S. The molecule has 0 fully saturated rings. The molecule has 0 bridgehead atoms. The summed E-state index contributed by atoms with van der Waals surface area (Å²) in [5.41, 5.74) is 1.01. The van der Waals surface area contributed by atoms with Crippen molar-refractivity contribution in [3.8, 4) is 0 Å². The Kier molecular flexibility index (Phi) is 5.24. The normalized spacial score (nSPS) is 13.3. The lowest BCUT2D eigenvalue weighted by Crippen LogP contribution is -2.33. The van der Waals surface area contributed by atoms with E-state index in [0.717, 1.165) is 33.3 Å². The number of nitrogens with one attached hydrogen (secondary N) is 1. The van der Waals surface area contributed by atoms with E-state index in [2.05, 4.69) is 43.1 Å². The van der Waals surface area contributed by atoms with Gasteiger partial charge in [-0.25, -0.2) is 4.98 Å². The minimum Gasteiger partial charge on any atom is -0.357 e. The van der Waals surface area contributed by atoms with Crippen LogP contribution in [-0.2, 0) is 0 Å². The topological polar surface area (TPSA) is 28.2 Å². The molecule has 1 atom stereocenters. The van der Waals surface area contributed by atoms with E-state index in [4.69, 9.17) is 11.6 Å². The predicted molar refractivity (Wildman–Crippen MR) is 90.0 cm³/mol. The van der Waals surface area contributed by atoms with Gasteiger partial charge in [0.1, 0.15) is 0 Å². The Hall–Kier alpha value is -0.840. The van der Waals surface area contributed by atoms with Crippen molar-refractivity contribution >= 4 is 38.3 Å².